The van der Waals surface area contributed by atoms with Crippen molar-refractivity contribution in [1.29, 1.82) is 0 Å². The lowest BCUT2D eigenvalue weighted by atomic mass is 9.62. The van der Waals surface area contributed by atoms with Gasteiger partial charge in [-0.25, -0.2) is 0 Å². The molecule has 1 spiro atoms. The summed E-state index contributed by atoms with van der Waals surface area (Å²) in [5.74, 6) is -1.03. The third-order valence-electron chi connectivity index (χ3n) is 7.10. The quantitative estimate of drug-likeness (QED) is 0.312. The summed E-state index contributed by atoms with van der Waals surface area (Å²) in [5, 5.41) is 29.3. The minimum absolute atomic E-state index is 0. The lowest BCUT2D eigenvalue weighted by Crippen LogP contribution is -2.49. The van der Waals surface area contributed by atoms with E-state index in [0.717, 1.165) is 11.1 Å². The lowest BCUT2D eigenvalue weighted by Gasteiger charge is -2.37. The molecule has 12 heteroatoms. The first-order chi connectivity index (χ1) is 17.0. The molecule has 1 fully saturated rings. The van der Waals surface area contributed by atoms with E-state index in [1.54, 1.807) is 18.2 Å². The van der Waals surface area contributed by atoms with Gasteiger partial charge in [-0.05, 0) is 53.6 Å². The summed E-state index contributed by atoms with van der Waals surface area (Å²) in [6.07, 6.45) is -0.0652. The van der Waals surface area contributed by atoms with Gasteiger partial charge in [-0.3, -0.25) is 9.59 Å². The number of carbonyl (C=O) groups is 2. The standard InChI is InChI=1S/C27H33Cl2N3O4.ClH.2H2S/c1-26(2,3)13-21-27(19-8-7-17(29)12-20(19)31-25(27)36)22(15-5-4-6-16(28)11-15)23(32-21)24(35)30-10-9-18(34)14-33;;;/h4-8,11-12,18,21-23,32-34H,9-10,13-14H2,1-3H3,(H,30,35)(H,31,36);1H;2*1H2/t18-,21+,22-,23+,27-;;;/m0.../s1. The summed E-state index contributed by atoms with van der Waals surface area (Å²) in [7, 11) is 0. The number of halogens is 3. The molecule has 39 heavy (non-hydrogen) atoms. The Morgan fingerprint density at radius 1 is 1.13 bits per heavy atom. The van der Waals surface area contributed by atoms with Crippen LogP contribution in [-0.2, 0) is 15.0 Å². The smallest absolute Gasteiger partial charge is 0.237 e. The van der Waals surface area contributed by atoms with E-state index in [1.165, 1.54) is 0 Å². The molecule has 0 aliphatic carbocycles. The van der Waals surface area contributed by atoms with Crippen molar-refractivity contribution in [3.63, 3.8) is 0 Å². The summed E-state index contributed by atoms with van der Waals surface area (Å²) in [6, 6.07) is 11.6. The number of amides is 2. The van der Waals surface area contributed by atoms with Crippen LogP contribution in [0.1, 0.15) is 50.7 Å². The van der Waals surface area contributed by atoms with Crippen LogP contribution in [0.3, 0.4) is 0 Å². The molecule has 218 valence electrons. The normalized spacial score (nSPS) is 24.1. The zero-order chi connectivity index (χ0) is 26.3. The Morgan fingerprint density at radius 3 is 2.41 bits per heavy atom. The highest BCUT2D eigenvalue weighted by molar-refractivity contribution is 7.59. The van der Waals surface area contributed by atoms with Crippen molar-refractivity contribution in [1.82, 2.24) is 10.6 Å². The van der Waals surface area contributed by atoms with Gasteiger partial charge in [-0.1, -0.05) is 62.2 Å². The van der Waals surface area contributed by atoms with Crippen LogP contribution in [0.4, 0.5) is 5.69 Å². The molecule has 2 aliphatic heterocycles. The van der Waals surface area contributed by atoms with Crippen LogP contribution in [0, 0.1) is 5.41 Å². The van der Waals surface area contributed by atoms with Crippen molar-refractivity contribution in [2.24, 2.45) is 5.41 Å². The Kier molecular flexibility index (Phi) is 13.0. The van der Waals surface area contributed by atoms with Gasteiger partial charge in [0.25, 0.3) is 0 Å². The first kappa shape index (κ1) is 35.9. The second kappa shape index (κ2) is 14.1. The lowest BCUT2D eigenvalue weighted by molar-refractivity contribution is -0.124. The van der Waals surface area contributed by atoms with Crippen LogP contribution >= 0.6 is 62.6 Å². The maximum absolute atomic E-state index is 14.0. The van der Waals surface area contributed by atoms with E-state index in [0.29, 0.717) is 22.2 Å². The molecule has 2 aromatic carbocycles. The Hall–Kier alpha value is -1.17. The highest BCUT2D eigenvalue weighted by Crippen LogP contribution is 2.56. The van der Waals surface area contributed by atoms with Gasteiger partial charge >= 0.3 is 0 Å². The molecule has 0 aromatic heterocycles. The molecule has 2 amide bonds. The highest BCUT2D eigenvalue weighted by Gasteiger charge is 2.65. The molecule has 0 radical (unpaired) electrons. The van der Waals surface area contributed by atoms with Crippen molar-refractivity contribution < 1.29 is 19.8 Å². The molecule has 7 nitrogen and oxygen atoms in total. The molecule has 2 aliphatic rings. The van der Waals surface area contributed by atoms with E-state index in [1.807, 2.05) is 24.3 Å². The van der Waals surface area contributed by atoms with E-state index in [-0.39, 0.29) is 82.2 Å². The van der Waals surface area contributed by atoms with E-state index >= 15 is 0 Å². The zero-order valence-electron chi connectivity index (χ0n) is 22.1. The molecule has 0 unspecified atom stereocenters. The van der Waals surface area contributed by atoms with Crippen molar-refractivity contribution in [3.05, 3.63) is 63.6 Å². The predicted octanol–water partition coefficient (Wildman–Crippen LogP) is 4.25. The molecule has 5 atom stereocenters. The van der Waals surface area contributed by atoms with Crippen molar-refractivity contribution in [2.45, 2.75) is 63.1 Å². The van der Waals surface area contributed by atoms with Crippen LogP contribution in [0.25, 0.3) is 0 Å². The summed E-state index contributed by atoms with van der Waals surface area (Å²) in [4.78, 5) is 27.6. The third kappa shape index (κ3) is 7.19. The largest absolute Gasteiger partial charge is 0.394 e. The SMILES string of the molecule is CC(C)(C)C[C@H]1N[C@@H](C(=O)NCC[C@H](O)CO)[C@H](c2cccc(Cl)c2)[C@@]12C(=O)Nc1cc(Cl)ccc12.Cl.S.S. The van der Waals surface area contributed by atoms with Gasteiger partial charge in [-0.2, -0.15) is 27.0 Å². The fraction of sp³-hybridized carbons (Fsp3) is 0.481. The number of nitrogens with one attached hydrogen (secondary N) is 3. The number of aliphatic hydroxyl groups is 2. The molecule has 2 aromatic rings. The summed E-state index contributed by atoms with van der Waals surface area (Å²) >= 11 is 12.7. The minimum atomic E-state index is -1.08. The Morgan fingerprint density at radius 2 is 1.79 bits per heavy atom. The molecular weight excluding hydrogens is 601 g/mol. The van der Waals surface area contributed by atoms with Gasteiger partial charge in [0.2, 0.25) is 11.8 Å². The van der Waals surface area contributed by atoms with Gasteiger partial charge < -0.3 is 26.2 Å². The molecule has 0 saturated carbocycles. The van der Waals surface area contributed by atoms with Gasteiger partial charge in [0.1, 0.15) is 5.41 Å². The first-order valence-corrected chi connectivity index (χ1v) is 12.9. The van der Waals surface area contributed by atoms with E-state index in [9.17, 15) is 14.7 Å². The predicted molar refractivity (Wildman–Crippen MR) is 169 cm³/mol. The maximum Gasteiger partial charge on any atom is 0.237 e. The fourth-order valence-corrected chi connectivity index (χ4v) is 6.06. The minimum Gasteiger partial charge on any atom is -0.394 e. The second-order valence-electron chi connectivity index (χ2n) is 10.9. The van der Waals surface area contributed by atoms with Crippen LogP contribution < -0.4 is 16.0 Å². The van der Waals surface area contributed by atoms with Gasteiger partial charge in [0.05, 0.1) is 18.8 Å². The fourth-order valence-electron chi connectivity index (χ4n) is 5.69. The van der Waals surface area contributed by atoms with Crippen molar-refractivity contribution >= 4 is 80.1 Å². The highest BCUT2D eigenvalue weighted by atomic mass is 35.5. The van der Waals surface area contributed by atoms with Gasteiger partial charge in [0, 0.05) is 34.2 Å². The Balaban J connectivity index is 0.00000253. The van der Waals surface area contributed by atoms with Crippen LogP contribution in [0.2, 0.25) is 10.0 Å². The van der Waals surface area contributed by atoms with Crippen LogP contribution in [0.5, 0.6) is 0 Å². The Labute approximate surface area is 260 Å². The number of carbonyl (C=O) groups excluding carboxylic acids is 2. The number of anilines is 1. The number of fused-ring (bicyclic) bond motifs is 2. The number of hydrogen-bond acceptors (Lipinski definition) is 5. The van der Waals surface area contributed by atoms with E-state index < -0.39 is 23.5 Å². The molecular formula is C27H38Cl3N3O4S2. The van der Waals surface area contributed by atoms with Crippen molar-refractivity contribution in [2.75, 3.05) is 18.5 Å². The molecule has 4 rings (SSSR count). The summed E-state index contributed by atoms with van der Waals surface area (Å²) in [6.45, 7) is 6.14. The maximum atomic E-state index is 14.0. The second-order valence-corrected chi connectivity index (χ2v) is 11.8. The number of benzene rings is 2. The molecule has 0 bridgehead atoms. The summed E-state index contributed by atoms with van der Waals surface area (Å²) < 4.78 is 0. The zero-order valence-corrected chi connectivity index (χ0v) is 26.4. The topological polar surface area (TPSA) is 111 Å². The Bertz CT molecular complexity index is 1170. The monoisotopic (exact) mass is 637 g/mol. The number of hydrogen-bond donors (Lipinski definition) is 5. The molecule has 1 saturated heterocycles. The van der Waals surface area contributed by atoms with E-state index in [2.05, 4.69) is 36.7 Å². The average Bonchev–Trinajstić information content (AvgIpc) is 3.27. The van der Waals surface area contributed by atoms with Gasteiger partial charge in [-0.15, -0.1) is 12.4 Å². The van der Waals surface area contributed by atoms with Crippen molar-refractivity contribution in [3.8, 4) is 0 Å². The van der Waals surface area contributed by atoms with Crippen LogP contribution in [0.15, 0.2) is 42.5 Å². The van der Waals surface area contributed by atoms with Gasteiger partial charge in [0.15, 0.2) is 0 Å². The third-order valence-corrected chi connectivity index (χ3v) is 7.57. The number of aliphatic hydroxyl groups excluding tert-OH is 2. The average molecular weight is 639 g/mol. The first-order valence-electron chi connectivity index (χ1n) is 12.2. The number of rotatable bonds is 7. The van der Waals surface area contributed by atoms with Crippen LogP contribution in [-0.4, -0.2) is 53.4 Å². The van der Waals surface area contributed by atoms with E-state index in [4.69, 9.17) is 28.3 Å². The summed E-state index contributed by atoms with van der Waals surface area (Å²) in [5.41, 5.74) is 1.00. The molecule has 5 N–H and O–H groups in total. The molecule has 2 heterocycles.